The van der Waals surface area contributed by atoms with E-state index < -0.39 is 0 Å². The van der Waals surface area contributed by atoms with Gasteiger partial charge in [-0.15, -0.1) is 11.3 Å². The number of thiophene rings is 1. The van der Waals surface area contributed by atoms with Crippen LogP contribution in [0.2, 0.25) is 0 Å². The van der Waals surface area contributed by atoms with Crippen molar-refractivity contribution >= 4 is 92.4 Å². The first-order valence-electron chi connectivity index (χ1n) is 17.5. The molecule has 3 aromatic heterocycles. The summed E-state index contributed by atoms with van der Waals surface area (Å²) in [6.07, 6.45) is 0. The first-order chi connectivity index (χ1) is 25.8. The Kier molecular flexibility index (Phi) is 6.42. The second-order valence-corrected chi connectivity index (χ2v) is 14.3. The van der Waals surface area contributed by atoms with Gasteiger partial charge in [0.1, 0.15) is 16.7 Å². The number of nitrogens with zero attached hydrogens (tertiary/aromatic N) is 1. The second-order valence-electron chi connectivity index (χ2n) is 13.2. The van der Waals surface area contributed by atoms with E-state index in [0.717, 1.165) is 72.1 Å². The molecule has 244 valence electrons. The minimum atomic E-state index is 0.845. The van der Waals surface area contributed by atoms with Crippen molar-refractivity contribution in [3.8, 4) is 22.3 Å². The molecule has 0 aliphatic heterocycles. The van der Waals surface area contributed by atoms with Crippen molar-refractivity contribution < 1.29 is 8.83 Å². The number of anilines is 3. The van der Waals surface area contributed by atoms with Crippen molar-refractivity contribution in [2.45, 2.75) is 0 Å². The Morgan fingerprint density at radius 3 is 1.88 bits per heavy atom. The highest BCUT2D eigenvalue weighted by Crippen LogP contribution is 2.46. The van der Waals surface area contributed by atoms with Gasteiger partial charge in [0.25, 0.3) is 0 Å². The van der Waals surface area contributed by atoms with Crippen LogP contribution < -0.4 is 4.90 Å². The monoisotopic (exact) mass is 683 g/mol. The van der Waals surface area contributed by atoms with E-state index in [4.69, 9.17) is 8.83 Å². The van der Waals surface area contributed by atoms with Gasteiger partial charge in [-0.25, -0.2) is 0 Å². The fourth-order valence-corrected chi connectivity index (χ4v) is 9.11. The van der Waals surface area contributed by atoms with Gasteiger partial charge in [0, 0.05) is 58.7 Å². The quantitative estimate of drug-likeness (QED) is 0.181. The first kappa shape index (κ1) is 29.1. The molecule has 0 radical (unpaired) electrons. The van der Waals surface area contributed by atoms with E-state index in [2.05, 4.69) is 163 Å². The summed E-state index contributed by atoms with van der Waals surface area (Å²) < 4.78 is 15.8. The van der Waals surface area contributed by atoms with Crippen molar-refractivity contribution in [3.05, 3.63) is 176 Å². The smallest absolute Gasteiger partial charge is 0.159 e. The maximum atomic E-state index is 6.95. The molecule has 11 aromatic rings. The molecule has 0 N–H and O–H groups in total. The van der Waals surface area contributed by atoms with Gasteiger partial charge >= 0.3 is 0 Å². The average molecular weight is 684 g/mol. The van der Waals surface area contributed by atoms with Crippen molar-refractivity contribution in [2.75, 3.05) is 4.90 Å². The number of benzene rings is 8. The fourth-order valence-electron chi connectivity index (χ4n) is 7.87. The van der Waals surface area contributed by atoms with E-state index in [1.807, 2.05) is 29.5 Å². The molecular formula is C48H29NO2S. The summed E-state index contributed by atoms with van der Waals surface area (Å²) in [5.74, 6) is 0. The number of fused-ring (bicyclic) bond motifs is 9. The Hall–Kier alpha value is -6.62. The van der Waals surface area contributed by atoms with E-state index in [0.29, 0.717) is 0 Å². The highest BCUT2D eigenvalue weighted by atomic mass is 32.1. The summed E-state index contributed by atoms with van der Waals surface area (Å²) in [6.45, 7) is 0. The molecule has 3 nitrogen and oxygen atoms in total. The Balaban J connectivity index is 1.12. The van der Waals surface area contributed by atoms with Gasteiger partial charge in [-0.05, 0) is 65.2 Å². The predicted octanol–water partition coefficient (Wildman–Crippen LogP) is 14.7. The van der Waals surface area contributed by atoms with Crippen LogP contribution in [-0.4, -0.2) is 0 Å². The van der Waals surface area contributed by atoms with Crippen LogP contribution in [0.25, 0.3) is 86.3 Å². The molecule has 0 amide bonds. The minimum absolute atomic E-state index is 0.845. The van der Waals surface area contributed by atoms with E-state index in [1.54, 1.807) is 0 Å². The lowest BCUT2D eigenvalue weighted by molar-refractivity contribution is 0.669. The van der Waals surface area contributed by atoms with Crippen LogP contribution in [0.5, 0.6) is 0 Å². The summed E-state index contributed by atoms with van der Waals surface area (Å²) in [4.78, 5) is 2.32. The lowest BCUT2D eigenvalue weighted by atomic mass is 10.0. The summed E-state index contributed by atoms with van der Waals surface area (Å²) >= 11 is 1.86. The summed E-state index contributed by atoms with van der Waals surface area (Å²) in [5.41, 5.74) is 11.2. The molecule has 0 aliphatic rings. The van der Waals surface area contributed by atoms with Crippen molar-refractivity contribution in [1.29, 1.82) is 0 Å². The van der Waals surface area contributed by atoms with Gasteiger partial charge in [0.2, 0.25) is 0 Å². The SMILES string of the molecule is c1ccc(-c2cccc3c2oc2c(N(c4ccc(-c5cccc6c5sc5ccccc56)cc4)c4ccc5oc6ccccc6c5c4)cccc23)cc1. The van der Waals surface area contributed by atoms with Crippen LogP contribution in [0.15, 0.2) is 185 Å². The standard InChI is InChI=1S/C48H29NO2S/c1-2-11-30(12-3-1)34-15-8-17-38-39-18-10-20-42(47(39)51-46(34)38)49(33-27-28-44-41(29-33)36-13-4-6-21-43(36)50-44)32-25-23-31(24-26-32)35-16-9-19-40-37-14-5-7-22-45(37)52-48(35)40/h1-29H. The summed E-state index contributed by atoms with van der Waals surface area (Å²) in [6, 6.07) is 62.4. The maximum Gasteiger partial charge on any atom is 0.159 e. The number of rotatable bonds is 5. The third-order valence-corrected chi connectivity index (χ3v) is 11.5. The third-order valence-electron chi connectivity index (χ3n) is 10.3. The van der Waals surface area contributed by atoms with Crippen LogP contribution in [0.4, 0.5) is 17.1 Å². The molecule has 0 spiro atoms. The molecular weight excluding hydrogens is 655 g/mol. The topological polar surface area (TPSA) is 29.5 Å². The molecule has 0 fully saturated rings. The maximum absolute atomic E-state index is 6.95. The minimum Gasteiger partial charge on any atom is -0.456 e. The Morgan fingerprint density at radius 2 is 1.02 bits per heavy atom. The van der Waals surface area contributed by atoms with E-state index >= 15 is 0 Å². The summed E-state index contributed by atoms with van der Waals surface area (Å²) in [7, 11) is 0. The molecule has 0 unspecified atom stereocenters. The normalized spacial score (nSPS) is 11.8. The zero-order valence-electron chi connectivity index (χ0n) is 27.9. The lowest BCUT2D eigenvalue weighted by Crippen LogP contribution is -2.10. The number of hydrogen-bond donors (Lipinski definition) is 0. The van der Waals surface area contributed by atoms with Crippen molar-refractivity contribution in [3.63, 3.8) is 0 Å². The summed E-state index contributed by atoms with van der Waals surface area (Å²) in [5, 5.41) is 6.97. The molecule has 0 atom stereocenters. The molecule has 11 rings (SSSR count). The van der Waals surface area contributed by atoms with E-state index in [-0.39, 0.29) is 0 Å². The Labute approximate surface area is 303 Å². The Morgan fingerprint density at radius 1 is 0.385 bits per heavy atom. The number of para-hydroxylation sites is 3. The lowest BCUT2D eigenvalue weighted by Gasteiger charge is -2.26. The zero-order chi connectivity index (χ0) is 34.2. The largest absolute Gasteiger partial charge is 0.456 e. The van der Waals surface area contributed by atoms with E-state index in [9.17, 15) is 0 Å². The molecule has 0 saturated heterocycles. The predicted molar refractivity (Wildman–Crippen MR) is 219 cm³/mol. The van der Waals surface area contributed by atoms with Crippen LogP contribution >= 0.6 is 11.3 Å². The first-order valence-corrected chi connectivity index (χ1v) is 18.3. The van der Waals surface area contributed by atoms with Crippen LogP contribution in [-0.2, 0) is 0 Å². The fraction of sp³-hybridized carbons (Fsp3) is 0. The highest BCUT2D eigenvalue weighted by Gasteiger charge is 2.22. The van der Waals surface area contributed by atoms with Crippen LogP contribution in [0.1, 0.15) is 0 Å². The molecule has 3 heterocycles. The Bertz CT molecular complexity index is 3130. The highest BCUT2D eigenvalue weighted by molar-refractivity contribution is 7.26. The van der Waals surface area contributed by atoms with Crippen molar-refractivity contribution in [2.24, 2.45) is 0 Å². The average Bonchev–Trinajstić information content (AvgIpc) is 3.90. The van der Waals surface area contributed by atoms with Crippen LogP contribution in [0, 0.1) is 0 Å². The molecule has 52 heavy (non-hydrogen) atoms. The molecule has 0 saturated carbocycles. The number of furan rings is 2. The third kappa shape index (κ3) is 4.45. The molecule has 0 bridgehead atoms. The molecule has 8 aromatic carbocycles. The second kappa shape index (κ2) is 11.5. The number of hydrogen-bond acceptors (Lipinski definition) is 4. The zero-order valence-corrected chi connectivity index (χ0v) is 28.7. The van der Waals surface area contributed by atoms with Gasteiger partial charge in [-0.3, -0.25) is 0 Å². The van der Waals surface area contributed by atoms with E-state index in [1.165, 1.54) is 31.3 Å². The van der Waals surface area contributed by atoms with Gasteiger partial charge in [0.15, 0.2) is 5.58 Å². The van der Waals surface area contributed by atoms with Gasteiger partial charge in [-0.2, -0.15) is 0 Å². The molecule has 0 aliphatic carbocycles. The van der Waals surface area contributed by atoms with Gasteiger partial charge in [-0.1, -0.05) is 127 Å². The molecule has 4 heteroatoms. The van der Waals surface area contributed by atoms with Crippen LogP contribution in [0.3, 0.4) is 0 Å². The van der Waals surface area contributed by atoms with Gasteiger partial charge < -0.3 is 13.7 Å². The van der Waals surface area contributed by atoms with Gasteiger partial charge in [0.05, 0.1) is 5.69 Å². The van der Waals surface area contributed by atoms with Crippen molar-refractivity contribution in [1.82, 2.24) is 0 Å².